The summed E-state index contributed by atoms with van der Waals surface area (Å²) in [6.07, 6.45) is 0. The van der Waals surface area contributed by atoms with Gasteiger partial charge in [0.25, 0.3) is 0 Å². The molecule has 3 atom stereocenters. The Morgan fingerprint density at radius 1 is 0.864 bits per heavy atom. The first-order chi connectivity index (χ1) is 10.6. The molecule has 0 saturated heterocycles. The van der Waals surface area contributed by atoms with Gasteiger partial charge in [0.05, 0.1) is 5.60 Å². The molecule has 22 heavy (non-hydrogen) atoms. The first kappa shape index (κ1) is 12.9. The number of hydrogen-bond acceptors (Lipinski definition) is 2. The second-order valence-corrected chi connectivity index (χ2v) is 7.50. The highest BCUT2D eigenvalue weighted by atomic mass is 16.3. The third-order valence-electron chi connectivity index (χ3n) is 6.00. The SMILES string of the molecule is CN(C)CC1(O)C2c3ccccc3C3C(c4ccccc42)C31. The lowest BCUT2D eigenvalue weighted by atomic mass is 9.65. The molecule has 0 radical (unpaired) electrons. The van der Waals surface area contributed by atoms with Crippen LogP contribution >= 0.6 is 0 Å². The van der Waals surface area contributed by atoms with Crippen LogP contribution in [0.15, 0.2) is 48.5 Å². The maximum Gasteiger partial charge on any atom is 0.0922 e. The minimum absolute atomic E-state index is 0.113. The zero-order valence-corrected chi connectivity index (χ0v) is 13.0. The van der Waals surface area contributed by atoms with Crippen LogP contribution in [0.1, 0.15) is 40.0 Å². The summed E-state index contributed by atoms with van der Waals surface area (Å²) in [6, 6.07) is 17.6. The molecule has 2 nitrogen and oxygen atoms in total. The van der Waals surface area contributed by atoms with E-state index in [-0.39, 0.29) is 5.92 Å². The summed E-state index contributed by atoms with van der Waals surface area (Å²) in [5.41, 5.74) is 5.01. The Labute approximate surface area is 131 Å². The maximum atomic E-state index is 11.7. The number of likely N-dealkylation sites (N-methyl/N-ethyl adjacent to an activating group) is 1. The fraction of sp³-hybridized carbons (Fsp3) is 0.400. The molecule has 3 aliphatic carbocycles. The predicted molar refractivity (Wildman–Crippen MR) is 87.2 cm³/mol. The lowest BCUT2D eigenvalue weighted by molar-refractivity contribution is -0.0305. The second-order valence-electron chi connectivity index (χ2n) is 7.50. The fourth-order valence-electron chi connectivity index (χ4n) is 5.46. The van der Waals surface area contributed by atoms with Gasteiger partial charge < -0.3 is 10.0 Å². The maximum absolute atomic E-state index is 11.7. The lowest BCUT2D eigenvalue weighted by Crippen LogP contribution is -2.51. The summed E-state index contributed by atoms with van der Waals surface area (Å²) in [4.78, 5) is 2.14. The summed E-state index contributed by atoms with van der Waals surface area (Å²) < 4.78 is 0. The number of fused-ring (bicyclic) bond motifs is 8. The Kier molecular flexibility index (Phi) is 2.34. The predicted octanol–water partition coefficient (Wildman–Crippen LogP) is 2.94. The molecule has 2 aromatic carbocycles. The van der Waals surface area contributed by atoms with Gasteiger partial charge >= 0.3 is 0 Å². The zero-order chi connectivity index (χ0) is 15.1. The number of nitrogens with zero attached hydrogens (tertiary/aromatic N) is 1. The van der Waals surface area contributed by atoms with Crippen LogP contribution in [0.3, 0.4) is 0 Å². The van der Waals surface area contributed by atoms with Gasteiger partial charge in [-0.1, -0.05) is 48.5 Å². The minimum atomic E-state index is -0.637. The average molecular weight is 291 g/mol. The highest BCUT2D eigenvalue weighted by Crippen LogP contribution is 2.75. The van der Waals surface area contributed by atoms with Crippen molar-refractivity contribution in [2.75, 3.05) is 20.6 Å². The molecule has 0 aromatic heterocycles. The van der Waals surface area contributed by atoms with Crippen LogP contribution < -0.4 is 0 Å². The van der Waals surface area contributed by atoms with Crippen molar-refractivity contribution in [2.24, 2.45) is 5.92 Å². The van der Waals surface area contributed by atoms with E-state index in [4.69, 9.17) is 0 Å². The zero-order valence-electron chi connectivity index (χ0n) is 13.0. The molecule has 2 bridgehead atoms. The Hall–Kier alpha value is -1.64. The van der Waals surface area contributed by atoms with Crippen molar-refractivity contribution >= 4 is 0 Å². The van der Waals surface area contributed by atoms with Crippen LogP contribution in [0, 0.1) is 5.92 Å². The van der Waals surface area contributed by atoms with E-state index in [1.165, 1.54) is 22.3 Å². The van der Waals surface area contributed by atoms with E-state index in [0.717, 1.165) is 6.54 Å². The standard InChI is InChI=1S/C20H21NO/c1-21(2)11-20(22)18-14-9-5-3-7-12(14)16-17(19(16)20)13-8-4-6-10-15(13)18/h3-10,16-19,22H,11H2,1-2H3. The third-order valence-corrected chi connectivity index (χ3v) is 6.00. The first-order valence-corrected chi connectivity index (χ1v) is 8.17. The van der Waals surface area contributed by atoms with Crippen molar-refractivity contribution in [1.29, 1.82) is 0 Å². The Balaban J connectivity index is 1.80. The van der Waals surface area contributed by atoms with E-state index >= 15 is 0 Å². The quantitative estimate of drug-likeness (QED) is 0.919. The summed E-state index contributed by atoms with van der Waals surface area (Å²) in [5, 5.41) is 11.7. The summed E-state index contributed by atoms with van der Waals surface area (Å²) in [5.74, 6) is 1.49. The van der Waals surface area contributed by atoms with Crippen molar-refractivity contribution in [3.8, 4) is 0 Å². The first-order valence-electron chi connectivity index (χ1n) is 8.17. The van der Waals surface area contributed by atoms with Crippen molar-refractivity contribution in [3.05, 3.63) is 70.8 Å². The van der Waals surface area contributed by atoms with Crippen LogP contribution in [-0.4, -0.2) is 36.2 Å². The van der Waals surface area contributed by atoms with Gasteiger partial charge in [-0.3, -0.25) is 0 Å². The fourth-order valence-corrected chi connectivity index (χ4v) is 5.46. The molecular weight excluding hydrogens is 270 g/mol. The molecule has 2 aromatic rings. The monoisotopic (exact) mass is 291 g/mol. The molecular formula is C20H21NO. The smallest absolute Gasteiger partial charge is 0.0922 e. The molecule has 112 valence electrons. The minimum Gasteiger partial charge on any atom is -0.387 e. The molecule has 0 spiro atoms. The summed E-state index contributed by atoms with van der Waals surface area (Å²) in [7, 11) is 4.13. The van der Waals surface area contributed by atoms with Gasteiger partial charge in [0.2, 0.25) is 0 Å². The van der Waals surface area contributed by atoms with Gasteiger partial charge in [0.15, 0.2) is 0 Å². The van der Waals surface area contributed by atoms with Gasteiger partial charge in [-0.2, -0.15) is 0 Å². The van der Waals surface area contributed by atoms with E-state index in [1.807, 2.05) is 0 Å². The van der Waals surface area contributed by atoms with Crippen LogP contribution in [0.25, 0.3) is 0 Å². The molecule has 3 unspecified atom stereocenters. The normalized spacial score (nSPS) is 36.7. The molecule has 0 heterocycles. The van der Waals surface area contributed by atoms with Crippen LogP contribution in [0.4, 0.5) is 0 Å². The molecule has 2 heteroatoms. The molecule has 1 saturated carbocycles. The van der Waals surface area contributed by atoms with Gasteiger partial charge in [0, 0.05) is 18.4 Å². The third kappa shape index (κ3) is 1.38. The van der Waals surface area contributed by atoms with Gasteiger partial charge in [-0.15, -0.1) is 0 Å². The highest BCUT2D eigenvalue weighted by molar-refractivity contribution is 5.61. The van der Waals surface area contributed by atoms with Crippen molar-refractivity contribution in [3.63, 3.8) is 0 Å². The largest absolute Gasteiger partial charge is 0.387 e. The van der Waals surface area contributed by atoms with Crippen LogP contribution in [0.2, 0.25) is 0 Å². The summed E-state index contributed by atoms with van der Waals surface area (Å²) in [6.45, 7) is 0.734. The van der Waals surface area contributed by atoms with Crippen LogP contribution in [-0.2, 0) is 0 Å². The number of rotatable bonds is 2. The van der Waals surface area contributed by atoms with E-state index in [0.29, 0.717) is 17.8 Å². The molecule has 0 aliphatic heterocycles. The summed E-state index contributed by atoms with van der Waals surface area (Å²) >= 11 is 0. The average Bonchev–Trinajstić information content (AvgIpc) is 3.24. The highest BCUT2D eigenvalue weighted by Gasteiger charge is 2.71. The van der Waals surface area contributed by atoms with Gasteiger partial charge in [-0.25, -0.2) is 0 Å². The van der Waals surface area contributed by atoms with Gasteiger partial charge in [0.1, 0.15) is 0 Å². The molecule has 3 aliphatic rings. The molecule has 5 rings (SSSR count). The van der Waals surface area contributed by atoms with E-state index in [2.05, 4.69) is 67.5 Å². The van der Waals surface area contributed by atoms with E-state index in [9.17, 15) is 5.11 Å². The number of hydrogen-bond donors (Lipinski definition) is 1. The molecule has 0 amide bonds. The number of benzene rings is 2. The second kappa shape index (κ2) is 4.01. The van der Waals surface area contributed by atoms with Gasteiger partial charge in [-0.05, 0) is 48.2 Å². The Morgan fingerprint density at radius 2 is 1.32 bits per heavy atom. The Bertz CT molecular complexity index is 714. The number of aliphatic hydroxyl groups is 1. The lowest BCUT2D eigenvalue weighted by Gasteiger charge is -2.45. The Morgan fingerprint density at radius 3 is 1.77 bits per heavy atom. The van der Waals surface area contributed by atoms with Crippen LogP contribution in [0.5, 0.6) is 0 Å². The van der Waals surface area contributed by atoms with Crippen molar-refractivity contribution in [1.82, 2.24) is 4.90 Å². The molecule has 1 N–H and O–H groups in total. The van der Waals surface area contributed by atoms with Crippen molar-refractivity contribution in [2.45, 2.75) is 23.4 Å². The van der Waals surface area contributed by atoms with E-state index in [1.54, 1.807) is 0 Å². The van der Waals surface area contributed by atoms with E-state index < -0.39 is 5.60 Å². The van der Waals surface area contributed by atoms with Crippen molar-refractivity contribution < 1.29 is 5.11 Å². The topological polar surface area (TPSA) is 23.5 Å². The molecule has 1 fully saturated rings.